The molecule has 0 saturated heterocycles. The zero-order valence-electron chi connectivity index (χ0n) is 31.4. The van der Waals surface area contributed by atoms with Crippen molar-refractivity contribution in [3.05, 3.63) is 0 Å². The molecule has 0 spiro atoms. The third kappa shape index (κ3) is 31.8. The van der Waals surface area contributed by atoms with Crippen LogP contribution in [-0.4, -0.2) is 0 Å². The van der Waals surface area contributed by atoms with E-state index in [2.05, 4.69) is 27.7 Å². The van der Waals surface area contributed by atoms with Crippen LogP contribution in [0.3, 0.4) is 0 Å². The number of rotatable bonds is 38. The lowest BCUT2D eigenvalue weighted by Gasteiger charge is -2.35. The number of unbranched alkanes of at least 4 members (excludes halogenated alkanes) is 30. The minimum atomic E-state index is 0.674. The highest BCUT2D eigenvalue weighted by Crippen LogP contribution is 2.42. The lowest BCUT2D eigenvalue weighted by Crippen LogP contribution is -2.21. The Morgan fingerprint density at radius 3 is 0.488 bits per heavy atom. The van der Waals surface area contributed by atoms with Gasteiger partial charge in [-0.3, -0.25) is 0 Å². The summed E-state index contributed by atoms with van der Waals surface area (Å²) in [5.41, 5.74) is 0.674. The topological polar surface area (TPSA) is 0 Å². The van der Waals surface area contributed by atoms with Gasteiger partial charge in [-0.25, -0.2) is 0 Å². The van der Waals surface area contributed by atoms with Crippen molar-refractivity contribution in [2.45, 2.75) is 272 Å². The molecule has 0 aliphatic heterocycles. The standard InChI is InChI=1S/C43H88/c1-5-9-13-17-21-24-26-30-34-38-42-43(39-35-31-27-20-16-12-8-4,40-36-32-28-23-19-15-11-7-3)41-37-33-29-25-22-18-14-10-6-2/h5-42H2,1-4H3. The molecule has 1 unspecified atom stereocenters. The van der Waals surface area contributed by atoms with E-state index in [9.17, 15) is 0 Å². The highest BCUT2D eigenvalue weighted by atomic mass is 14.3. The maximum atomic E-state index is 2.35. The van der Waals surface area contributed by atoms with Gasteiger partial charge in [-0.1, -0.05) is 246 Å². The number of hydrogen-bond acceptors (Lipinski definition) is 0. The smallest absolute Gasteiger partial charge is 0.0297 e. The second kappa shape index (κ2) is 36.5. The van der Waals surface area contributed by atoms with Crippen LogP contribution < -0.4 is 0 Å². The Morgan fingerprint density at radius 2 is 0.326 bits per heavy atom. The van der Waals surface area contributed by atoms with Crippen LogP contribution in [0, 0.1) is 5.41 Å². The van der Waals surface area contributed by atoms with E-state index in [1.807, 2.05) is 0 Å². The summed E-state index contributed by atoms with van der Waals surface area (Å²) in [6.07, 6.45) is 56.2. The molecule has 0 aromatic rings. The van der Waals surface area contributed by atoms with Crippen molar-refractivity contribution < 1.29 is 0 Å². The molecule has 0 heterocycles. The van der Waals surface area contributed by atoms with Gasteiger partial charge in [0.2, 0.25) is 0 Å². The van der Waals surface area contributed by atoms with E-state index in [1.165, 1.54) is 218 Å². The lowest BCUT2D eigenvalue weighted by molar-refractivity contribution is 0.171. The second-order valence-corrected chi connectivity index (χ2v) is 15.1. The SMILES string of the molecule is CCCCCCCCCCCCC(CCCCCCCCC)(CCCCCCCCCC)CCCCCCCCCCC. The fourth-order valence-corrected chi connectivity index (χ4v) is 7.64. The monoisotopic (exact) mass is 605 g/mol. The summed E-state index contributed by atoms with van der Waals surface area (Å²) >= 11 is 0. The molecule has 0 fully saturated rings. The molecular formula is C43H88. The van der Waals surface area contributed by atoms with Gasteiger partial charge in [0, 0.05) is 0 Å². The predicted molar refractivity (Wildman–Crippen MR) is 201 cm³/mol. The first kappa shape index (κ1) is 43.0. The molecule has 0 nitrogen and oxygen atoms in total. The van der Waals surface area contributed by atoms with Crippen molar-refractivity contribution >= 4 is 0 Å². The Bertz CT molecular complexity index is 480. The van der Waals surface area contributed by atoms with Gasteiger partial charge < -0.3 is 0 Å². The highest BCUT2D eigenvalue weighted by Gasteiger charge is 2.28. The van der Waals surface area contributed by atoms with E-state index >= 15 is 0 Å². The van der Waals surface area contributed by atoms with Gasteiger partial charge in [0.1, 0.15) is 0 Å². The summed E-state index contributed by atoms with van der Waals surface area (Å²) in [6, 6.07) is 0. The molecule has 0 aliphatic rings. The third-order valence-electron chi connectivity index (χ3n) is 10.7. The summed E-state index contributed by atoms with van der Waals surface area (Å²) in [5, 5.41) is 0. The number of hydrogen-bond donors (Lipinski definition) is 0. The Morgan fingerprint density at radius 1 is 0.186 bits per heavy atom. The average molecular weight is 605 g/mol. The summed E-state index contributed by atoms with van der Waals surface area (Å²) in [5.74, 6) is 0. The Balaban J connectivity index is 4.80. The van der Waals surface area contributed by atoms with Crippen LogP contribution in [0.1, 0.15) is 272 Å². The van der Waals surface area contributed by atoms with Crippen molar-refractivity contribution in [2.24, 2.45) is 5.41 Å². The first-order chi connectivity index (χ1) is 21.2. The molecule has 0 rings (SSSR count). The Hall–Kier alpha value is 0. The molecule has 0 heteroatoms. The largest absolute Gasteiger partial charge is 0.0654 e. The van der Waals surface area contributed by atoms with Crippen molar-refractivity contribution in [2.75, 3.05) is 0 Å². The van der Waals surface area contributed by atoms with Crippen LogP contribution in [-0.2, 0) is 0 Å². The molecule has 0 aromatic heterocycles. The quantitative estimate of drug-likeness (QED) is 0.0615. The van der Waals surface area contributed by atoms with E-state index in [-0.39, 0.29) is 0 Å². The van der Waals surface area contributed by atoms with Gasteiger partial charge in [-0.2, -0.15) is 0 Å². The van der Waals surface area contributed by atoms with Crippen LogP contribution in [0.5, 0.6) is 0 Å². The molecule has 0 aliphatic carbocycles. The van der Waals surface area contributed by atoms with Gasteiger partial charge in [-0.05, 0) is 31.1 Å². The van der Waals surface area contributed by atoms with Gasteiger partial charge in [0.25, 0.3) is 0 Å². The van der Waals surface area contributed by atoms with E-state index in [1.54, 1.807) is 25.7 Å². The van der Waals surface area contributed by atoms with Crippen LogP contribution in [0.4, 0.5) is 0 Å². The maximum absolute atomic E-state index is 2.35. The predicted octanol–water partition coefficient (Wildman–Crippen LogP) is 16.9. The average Bonchev–Trinajstić information content (AvgIpc) is 3.02. The van der Waals surface area contributed by atoms with Crippen molar-refractivity contribution in [1.82, 2.24) is 0 Å². The summed E-state index contributed by atoms with van der Waals surface area (Å²) in [6.45, 7) is 9.35. The first-order valence-electron chi connectivity index (χ1n) is 21.2. The van der Waals surface area contributed by atoms with E-state index in [4.69, 9.17) is 0 Å². The molecule has 260 valence electrons. The molecule has 0 saturated carbocycles. The minimum Gasteiger partial charge on any atom is -0.0654 e. The fraction of sp³-hybridized carbons (Fsp3) is 1.00. The van der Waals surface area contributed by atoms with Gasteiger partial charge in [-0.15, -0.1) is 0 Å². The van der Waals surface area contributed by atoms with Crippen molar-refractivity contribution in [3.63, 3.8) is 0 Å². The summed E-state index contributed by atoms with van der Waals surface area (Å²) in [4.78, 5) is 0. The fourth-order valence-electron chi connectivity index (χ4n) is 7.64. The molecule has 43 heavy (non-hydrogen) atoms. The molecule has 1 atom stereocenters. The lowest BCUT2D eigenvalue weighted by atomic mass is 9.70. The van der Waals surface area contributed by atoms with Gasteiger partial charge in [0.05, 0.1) is 0 Å². The van der Waals surface area contributed by atoms with E-state index < -0.39 is 0 Å². The summed E-state index contributed by atoms with van der Waals surface area (Å²) in [7, 11) is 0. The zero-order chi connectivity index (χ0) is 31.4. The first-order valence-corrected chi connectivity index (χ1v) is 21.2. The normalized spacial score (nSPS) is 13.1. The van der Waals surface area contributed by atoms with Crippen LogP contribution >= 0.6 is 0 Å². The van der Waals surface area contributed by atoms with Crippen LogP contribution in [0.15, 0.2) is 0 Å². The Kier molecular flexibility index (Phi) is 36.5. The molecule has 0 N–H and O–H groups in total. The van der Waals surface area contributed by atoms with E-state index in [0.717, 1.165) is 0 Å². The van der Waals surface area contributed by atoms with E-state index in [0.29, 0.717) is 5.41 Å². The van der Waals surface area contributed by atoms with Crippen LogP contribution in [0.25, 0.3) is 0 Å². The molecular weight excluding hydrogens is 516 g/mol. The second-order valence-electron chi connectivity index (χ2n) is 15.1. The molecule has 0 radical (unpaired) electrons. The Labute approximate surface area is 276 Å². The highest BCUT2D eigenvalue weighted by molar-refractivity contribution is 4.80. The van der Waals surface area contributed by atoms with Crippen molar-refractivity contribution in [3.8, 4) is 0 Å². The zero-order valence-corrected chi connectivity index (χ0v) is 31.4. The van der Waals surface area contributed by atoms with Crippen molar-refractivity contribution in [1.29, 1.82) is 0 Å². The van der Waals surface area contributed by atoms with Gasteiger partial charge >= 0.3 is 0 Å². The maximum Gasteiger partial charge on any atom is -0.0297 e. The van der Waals surface area contributed by atoms with Crippen LogP contribution in [0.2, 0.25) is 0 Å². The molecule has 0 bridgehead atoms. The molecule has 0 aromatic carbocycles. The molecule has 0 amide bonds. The minimum absolute atomic E-state index is 0.674. The third-order valence-corrected chi connectivity index (χ3v) is 10.7. The summed E-state index contributed by atoms with van der Waals surface area (Å²) < 4.78 is 0. The van der Waals surface area contributed by atoms with Gasteiger partial charge in [0.15, 0.2) is 0 Å².